The highest BCUT2D eigenvalue weighted by atomic mass is 35.5. The summed E-state index contributed by atoms with van der Waals surface area (Å²) in [4.78, 5) is 23.7. The van der Waals surface area contributed by atoms with Crippen molar-refractivity contribution in [1.29, 1.82) is 0 Å². The topological polar surface area (TPSA) is 70.7 Å². The maximum atomic E-state index is 12.0. The van der Waals surface area contributed by atoms with E-state index in [1.54, 1.807) is 17.1 Å². The molecule has 0 bridgehead atoms. The van der Waals surface area contributed by atoms with Crippen LogP contribution in [0.3, 0.4) is 0 Å². The Morgan fingerprint density at radius 3 is 2.65 bits per heavy atom. The fourth-order valence-corrected chi connectivity index (χ4v) is 3.23. The third kappa shape index (κ3) is 3.51. The molecule has 5 nitrogen and oxygen atoms in total. The first-order valence-electron chi connectivity index (χ1n) is 7.80. The van der Waals surface area contributed by atoms with Crippen molar-refractivity contribution in [3.63, 3.8) is 0 Å². The van der Waals surface area contributed by atoms with Crippen LogP contribution in [0.5, 0.6) is 0 Å². The van der Waals surface area contributed by atoms with Gasteiger partial charge in [-0.25, -0.2) is 9.97 Å². The van der Waals surface area contributed by atoms with Crippen molar-refractivity contribution in [3.05, 3.63) is 76.3 Å². The molecule has 0 fully saturated rings. The first-order chi connectivity index (χ1) is 12.7. The van der Waals surface area contributed by atoms with Crippen LogP contribution in [-0.2, 0) is 0 Å². The highest BCUT2D eigenvalue weighted by Crippen LogP contribution is 2.25. The second-order valence-electron chi connectivity index (χ2n) is 5.56. The maximum absolute atomic E-state index is 12.0. The Kier molecular flexibility index (Phi) is 4.51. The van der Waals surface area contributed by atoms with Crippen molar-refractivity contribution in [3.8, 4) is 22.6 Å². The van der Waals surface area contributed by atoms with Crippen LogP contribution in [0.1, 0.15) is 10.5 Å². The van der Waals surface area contributed by atoms with Gasteiger partial charge in [-0.1, -0.05) is 35.9 Å². The molecule has 0 spiro atoms. The van der Waals surface area contributed by atoms with Crippen LogP contribution in [0.25, 0.3) is 22.6 Å². The minimum absolute atomic E-state index is 0.219. The number of rotatable bonds is 4. The molecule has 2 aromatic heterocycles. The molecule has 2 N–H and O–H groups in total. The lowest BCUT2D eigenvalue weighted by Gasteiger charge is -2.04. The number of amides is 1. The Bertz CT molecular complexity index is 1040. The summed E-state index contributed by atoms with van der Waals surface area (Å²) in [5, 5.41) is 5.21. The lowest BCUT2D eigenvalue weighted by atomic mass is 10.1. The molecular weight excluding hydrogens is 368 g/mol. The summed E-state index contributed by atoms with van der Waals surface area (Å²) in [5.41, 5.74) is 5.54. The normalized spacial score (nSPS) is 10.7. The van der Waals surface area contributed by atoms with E-state index in [4.69, 9.17) is 11.6 Å². The van der Waals surface area contributed by atoms with E-state index in [0.717, 1.165) is 22.6 Å². The molecule has 4 rings (SSSR count). The molecule has 2 aromatic carbocycles. The average Bonchev–Trinajstić information content (AvgIpc) is 3.35. The molecule has 2 heterocycles. The van der Waals surface area contributed by atoms with Crippen LogP contribution in [0.15, 0.2) is 65.6 Å². The molecule has 0 saturated heterocycles. The van der Waals surface area contributed by atoms with E-state index in [0.29, 0.717) is 16.4 Å². The van der Waals surface area contributed by atoms with Gasteiger partial charge in [-0.3, -0.25) is 4.79 Å². The van der Waals surface area contributed by atoms with Gasteiger partial charge in [0, 0.05) is 21.7 Å². The van der Waals surface area contributed by atoms with Gasteiger partial charge in [0.1, 0.15) is 11.5 Å². The van der Waals surface area contributed by atoms with E-state index >= 15 is 0 Å². The van der Waals surface area contributed by atoms with Gasteiger partial charge < -0.3 is 10.3 Å². The van der Waals surface area contributed by atoms with Crippen LogP contribution < -0.4 is 5.32 Å². The van der Waals surface area contributed by atoms with E-state index < -0.39 is 0 Å². The van der Waals surface area contributed by atoms with Gasteiger partial charge in [0.2, 0.25) is 0 Å². The summed E-state index contributed by atoms with van der Waals surface area (Å²) < 4.78 is 0. The number of hydrogen-bond donors (Lipinski definition) is 2. The smallest absolute Gasteiger partial charge is 0.275 e. The number of nitrogens with one attached hydrogen (secondary N) is 2. The number of H-pyrrole nitrogens is 1. The van der Waals surface area contributed by atoms with Crippen molar-refractivity contribution < 1.29 is 4.79 Å². The summed E-state index contributed by atoms with van der Waals surface area (Å²) in [6.07, 6.45) is 1.78. The molecule has 128 valence electrons. The molecule has 0 unspecified atom stereocenters. The summed E-state index contributed by atoms with van der Waals surface area (Å²) in [5.74, 6) is 0.534. The van der Waals surface area contributed by atoms with Gasteiger partial charge in [0.05, 0.1) is 17.4 Å². The Balaban J connectivity index is 1.51. The van der Waals surface area contributed by atoms with Crippen molar-refractivity contribution in [1.82, 2.24) is 15.0 Å². The molecule has 7 heteroatoms. The molecule has 26 heavy (non-hydrogen) atoms. The molecule has 4 aromatic rings. The lowest BCUT2D eigenvalue weighted by Crippen LogP contribution is -2.11. The van der Waals surface area contributed by atoms with Gasteiger partial charge in [-0.05, 0) is 29.8 Å². The Morgan fingerprint density at radius 1 is 1.08 bits per heavy atom. The molecule has 0 atom stereocenters. The largest absolute Gasteiger partial charge is 0.338 e. The second-order valence-corrected chi connectivity index (χ2v) is 6.72. The number of anilines is 1. The number of nitrogens with zero attached hydrogens (tertiary/aromatic N) is 2. The first-order valence-corrected chi connectivity index (χ1v) is 9.12. The molecule has 0 aliphatic rings. The van der Waals surface area contributed by atoms with Crippen LogP contribution in [0.4, 0.5) is 5.69 Å². The highest BCUT2D eigenvalue weighted by Gasteiger charge is 2.09. The number of imidazole rings is 1. The molecule has 0 aliphatic carbocycles. The van der Waals surface area contributed by atoms with Crippen LogP contribution >= 0.6 is 22.9 Å². The Labute approximate surface area is 158 Å². The first kappa shape index (κ1) is 16.5. The van der Waals surface area contributed by atoms with Crippen molar-refractivity contribution in [2.24, 2.45) is 0 Å². The molecule has 0 aliphatic heterocycles. The third-order valence-corrected chi connectivity index (χ3v) is 4.61. The number of halogens is 1. The number of aromatic nitrogens is 3. The summed E-state index contributed by atoms with van der Waals surface area (Å²) in [6, 6.07) is 15.1. The van der Waals surface area contributed by atoms with E-state index in [2.05, 4.69) is 20.3 Å². The van der Waals surface area contributed by atoms with Gasteiger partial charge >= 0.3 is 0 Å². The predicted octanol–water partition coefficient (Wildman–Crippen LogP) is 5.11. The number of aromatic amines is 1. The quantitative estimate of drug-likeness (QED) is 0.517. The molecular formula is C19H13ClN4OS. The maximum Gasteiger partial charge on any atom is 0.275 e. The molecule has 0 saturated carbocycles. The minimum Gasteiger partial charge on any atom is -0.338 e. The molecule has 0 radical (unpaired) electrons. The average molecular weight is 381 g/mol. The van der Waals surface area contributed by atoms with Gasteiger partial charge in [-0.2, -0.15) is 0 Å². The number of benzene rings is 2. The fraction of sp³-hybridized carbons (Fsp3) is 0. The van der Waals surface area contributed by atoms with E-state index in [9.17, 15) is 4.79 Å². The number of carbonyl (C=O) groups excluding carboxylic acids is 1. The zero-order valence-corrected chi connectivity index (χ0v) is 15.0. The predicted molar refractivity (Wildman–Crippen MR) is 105 cm³/mol. The third-order valence-electron chi connectivity index (χ3n) is 3.79. The van der Waals surface area contributed by atoms with E-state index in [1.165, 1.54) is 11.3 Å². The fourth-order valence-electron chi connectivity index (χ4n) is 2.50. The van der Waals surface area contributed by atoms with Gasteiger partial charge in [-0.15, -0.1) is 11.3 Å². The second kappa shape index (κ2) is 7.11. The van der Waals surface area contributed by atoms with Crippen LogP contribution in [0.2, 0.25) is 5.02 Å². The van der Waals surface area contributed by atoms with Gasteiger partial charge in [0.15, 0.2) is 0 Å². The number of thiazole rings is 1. The van der Waals surface area contributed by atoms with Crippen molar-refractivity contribution in [2.45, 2.75) is 0 Å². The zero-order chi connectivity index (χ0) is 17.9. The van der Waals surface area contributed by atoms with Gasteiger partial charge in [0.25, 0.3) is 5.91 Å². The van der Waals surface area contributed by atoms with Crippen molar-refractivity contribution in [2.75, 3.05) is 5.32 Å². The van der Waals surface area contributed by atoms with Crippen LogP contribution in [0, 0.1) is 0 Å². The number of carbonyl (C=O) groups is 1. The monoisotopic (exact) mass is 380 g/mol. The standard InChI is InChI=1S/C19H13ClN4OS/c20-14-3-1-2-13(8-14)18-21-9-16(24-18)12-4-6-15(7-5-12)23-19(25)17-10-26-11-22-17/h1-11H,(H,21,24)(H,23,25). The summed E-state index contributed by atoms with van der Waals surface area (Å²) >= 11 is 7.42. The minimum atomic E-state index is -0.219. The lowest BCUT2D eigenvalue weighted by molar-refractivity contribution is 0.102. The van der Waals surface area contributed by atoms with E-state index in [-0.39, 0.29) is 5.91 Å². The molecule has 1 amide bonds. The number of hydrogen-bond acceptors (Lipinski definition) is 4. The SMILES string of the molecule is O=C(Nc1ccc(-c2cnc(-c3cccc(Cl)c3)[nH]2)cc1)c1cscn1. The summed E-state index contributed by atoms with van der Waals surface area (Å²) in [7, 11) is 0. The zero-order valence-electron chi connectivity index (χ0n) is 13.4. The Hall–Kier alpha value is -2.96. The Morgan fingerprint density at radius 2 is 1.92 bits per heavy atom. The highest BCUT2D eigenvalue weighted by molar-refractivity contribution is 7.07. The van der Waals surface area contributed by atoms with Crippen LogP contribution in [-0.4, -0.2) is 20.9 Å². The van der Waals surface area contributed by atoms with E-state index in [1.807, 2.05) is 48.5 Å². The summed E-state index contributed by atoms with van der Waals surface area (Å²) in [6.45, 7) is 0. The van der Waals surface area contributed by atoms with Crippen molar-refractivity contribution >= 4 is 34.5 Å².